The zero-order valence-electron chi connectivity index (χ0n) is 5.77. The van der Waals surface area contributed by atoms with Crippen LogP contribution in [0.5, 0.6) is 0 Å². The summed E-state index contributed by atoms with van der Waals surface area (Å²) in [6.07, 6.45) is 0. The van der Waals surface area contributed by atoms with Gasteiger partial charge in [-0.05, 0) is 6.07 Å². The maximum Gasteiger partial charge on any atom is 0.479 e. The molecular weight excluding hydrogens is 182 g/mol. The normalized spacial score (nSPS) is 9.00. The average Bonchev–Trinajstić information content (AvgIpc) is 2.03. The molecule has 0 aliphatic heterocycles. The van der Waals surface area contributed by atoms with Crippen LogP contribution in [0, 0.1) is 15.5 Å². The molecule has 1 rings (SSSR count). The summed E-state index contributed by atoms with van der Waals surface area (Å²) in [6, 6.07) is 4.03. The van der Waals surface area contributed by atoms with Gasteiger partial charge in [0.25, 0.3) is 0 Å². The lowest BCUT2D eigenvalue weighted by Crippen LogP contribution is -1.87. The van der Waals surface area contributed by atoms with Gasteiger partial charge in [-0.3, -0.25) is 10.1 Å². The molecule has 0 unspecified atom stereocenters. The van der Waals surface area contributed by atoms with Crippen molar-refractivity contribution < 1.29 is 4.92 Å². The molecule has 0 heterocycles. The van der Waals surface area contributed by atoms with Gasteiger partial charge < -0.3 is 0 Å². The van der Waals surface area contributed by atoms with Crippen LogP contribution in [0.25, 0.3) is 4.98 Å². The number of nitrogens with zero attached hydrogens (tertiary/aromatic N) is 3. The Hall–Kier alpha value is -1.67. The van der Waals surface area contributed by atoms with Gasteiger partial charge in [-0.15, -0.1) is 0 Å². The summed E-state index contributed by atoms with van der Waals surface area (Å²) < 4.78 is 0. The van der Waals surface area contributed by atoms with Crippen LogP contribution < -0.4 is 0 Å². The standard InChI is InChI=1S/C6H3ClN3O2/c7-4-2-1-3-5(10(11)12)6(4)9-8/h1-3H/q+1. The summed E-state index contributed by atoms with van der Waals surface area (Å²) >= 11 is 5.52. The number of halogens is 1. The SMILES string of the molecule is N#[N+]c1c(Cl)cccc1[N+](=O)[O-]. The lowest BCUT2D eigenvalue weighted by molar-refractivity contribution is -0.383. The highest BCUT2D eigenvalue weighted by molar-refractivity contribution is 6.33. The molecule has 1 aromatic rings. The Morgan fingerprint density at radius 3 is 2.67 bits per heavy atom. The van der Waals surface area contributed by atoms with Gasteiger partial charge in [0, 0.05) is 6.07 Å². The Labute approximate surface area is 72.3 Å². The Morgan fingerprint density at radius 1 is 1.58 bits per heavy atom. The van der Waals surface area contributed by atoms with E-state index in [1.807, 2.05) is 0 Å². The molecule has 0 saturated heterocycles. The third kappa shape index (κ3) is 1.33. The molecule has 0 aliphatic carbocycles. The molecule has 1 aromatic carbocycles. The molecule has 0 radical (unpaired) electrons. The van der Waals surface area contributed by atoms with E-state index < -0.39 is 4.92 Å². The van der Waals surface area contributed by atoms with Gasteiger partial charge in [-0.1, -0.05) is 17.7 Å². The first kappa shape index (κ1) is 8.43. The summed E-state index contributed by atoms with van der Waals surface area (Å²) in [5, 5.41) is 18.7. The van der Waals surface area contributed by atoms with Crippen LogP contribution in [-0.2, 0) is 0 Å². The van der Waals surface area contributed by atoms with Gasteiger partial charge >= 0.3 is 11.4 Å². The fourth-order valence-corrected chi connectivity index (χ4v) is 0.958. The molecule has 0 spiro atoms. The highest BCUT2D eigenvalue weighted by Gasteiger charge is 2.27. The quantitative estimate of drug-likeness (QED) is 0.383. The van der Waals surface area contributed by atoms with Crippen molar-refractivity contribution in [2.45, 2.75) is 0 Å². The number of nitro benzene ring substituents is 1. The Morgan fingerprint density at radius 2 is 2.25 bits per heavy atom. The molecule has 60 valence electrons. The first-order valence-electron chi connectivity index (χ1n) is 2.95. The first-order valence-corrected chi connectivity index (χ1v) is 3.32. The third-order valence-electron chi connectivity index (χ3n) is 1.26. The number of hydrogen-bond acceptors (Lipinski definition) is 3. The zero-order valence-corrected chi connectivity index (χ0v) is 6.52. The molecule has 0 fully saturated rings. The Kier molecular flexibility index (Phi) is 2.21. The van der Waals surface area contributed by atoms with Gasteiger partial charge in [0.1, 0.15) is 5.02 Å². The minimum atomic E-state index is -0.666. The fourth-order valence-electron chi connectivity index (χ4n) is 0.750. The molecule has 0 bridgehead atoms. The van der Waals surface area contributed by atoms with E-state index >= 15 is 0 Å². The van der Waals surface area contributed by atoms with Crippen LogP contribution in [0.2, 0.25) is 5.02 Å². The highest BCUT2D eigenvalue weighted by Crippen LogP contribution is 2.34. The summed E-state index contributed by atoms with van der Waals surface area (Å²) in [6.45, 7) is 0. The van der Waals surface area contributed by atoms with E-state index in [0.717, 1.165) is 0 Å². The van der Waals surface area contributed by atoms with Crippen LogP contribution in [0.1, 0.15) is 0 Å². The summed E-state index contributed by atoms with van der Waals surface area (Å²) in [4.78, 5) is 12.4. The van der Waals surface area contributed by atoms with Crippen molar-refractivity contribution in [1.29, 1.82) is 5.39 Å². The highest BCUT2D eigenvalue weighted by atomic mass is 35.5. The molecule has 0 aliphatic rings. The van der Waals surface area contributed by atoms with E-state index in [9.17, 15) is 10.1 Å². The topological polar surface area (TPSA) is 71.3 Å². The van der Waals surface area contributed by atoms with E-state index in [0.29, 0.717) is 0 Å². The maximum atomic E-state index is 10.3. The first-order chi connectivity index (χ1) is 5.66. The molecular formula is C6H3ClN3O2+. The van der Waals surface area contributed by atoms with Gasteiger partial charge in [0.2, 0.25) is 5.39 Å². The number of diazo groups is 1. The minimum Gasteiger partial charge on any atom is -0.258 e. The number of nitro groups is 1. The van der Waals surface area contributed by atoms with Crippen LogP contribution in [-0.4, -0.2) is 4.92 Å². The number of benzene rings is 1. The third-order valence-corrected chi connectivity index (χ3v) is 1.57. The number of hydrogen-bond donors (Lipinski definition) is 0. The van der Waals surface area contributed by atoms with E-state index in [1.165, 1.54) is 18.2 Å². The summed E-state index contributed by atoms with van der Waals surface area (Å²) in [7, 11) is 0. The van der Waals surface area contributed by atoms with Crippen molar-refractivity contribution >= 4 is 23.0 Å². The van der Waals surface area contributed by atoms with E-state index in [-0.39, 0.29) is 16.4 Å². The van der Waals surface area contributed by atoms with Crippen molar-refractivity contribution in [1.82, 2.24) is 0 Å². The van der Waals surface area contributed by atoms with E-state index in [4.69, 9.17) is 17.0 Å². The number of rotatable bonds is 1. The van der Waals surface area contributed by atoms with Crippen molar-refractivity contribution in [3.05, 3.63) is 38.3 Å². The molecule has 5 nitrogen and oxygen atoms in total. The monoisotopic (exact) mass is 184 g/mol. The van der Waals surface area contributed by atoms with Crippen LogP contribution in [0.3, 0.4) is 0 Å². The predicted octanol–water partition coefficient (Wildman–Crippen LogP) is 2.73. The van der Waals surface area contributed by atoms with Crippen LogP contribution in [0.4, 0.5) is 11.4 Å². The van der Waals surface area contributed by atoms with E-state index in [1.54, 1.807) is 0 Å². The second kappa shape index (κ2) is 3.15. The van der Waals surface area contributed by atoms with Crippen molar-refractivity contribution in [3.63, 3.8) is 0 Å². The van der Waals surface area contributed by atoms with Crippen molar-refractivity contribution in [2.75, 3.05) is 0 Å². The van der Waals surface area contributed by atoms with Crippen molar-refractivity contribution in [2.24, 2.45) is 0 Å². The largest absolute Gasteiger partial charge is 0.479 e. The lowest BCUT2D eigenvalue weighted by Gasteiger charge is -1.86. The summed E-state index contributed by atoms with van der Waals surface area (Å²) in [5.41, 5.74) is -0.533. The molecule has 0 N–H and O–H groups in total. The Bertz CT molecular complexity index is 372. The van der Waals surface area contributed by atoms with Crippen molar-refractivity contribution in [3.8, 4) is 0 Å². The zero-order chi connectivity index (χ0) is 9.14. The smallest absolute Gasteiger partial charge is 0.258 e. The van der Waals surface area contributed by atoms with Gasteiger partial charge in [-0.2, -0.15) is 0 Å². The van der Waals surface area contributed by atoms with Gasteiger partial charge in [0.05, 0.1) is 4.92 Å². The molecule has 0 amide bonds. The molecule has 12 heavy (non-hydrogen) atoms. The predicted molar refractivity (Wildman–Crippen MR) is 42.9 cm³/mol. The molecule has 0 saturated carbocycles. The minimum absolute atomic E-state index is 0.0479. The second-order valence-electron chi connectivity index (χ2n) is 1.96. The van der Waals surface area contributed by atoms with E-state index in [2.05, 4.69) is 4.98 Å². The Balaban J connectivity index is 3.40. The van der Waals surface area contributed by atoms with Gasteiger partial charge in [0.15, 0.2) is 4.98 Å². The molecule has 0 aromatic heterocycles. The second-order valence-corrected chi connectivity index (χ2v) is 2.37. The fraction of sp³-hybridized carbons (Fsp3) is 0. The van der Waals surface area contributed by atoms with Crippen LogP contribution >= 0.6 is 11.6 Å². The molecule has 6 heteroatoms. The molecule has 0 atom stereocenters. The maximum absolute atomic E-state index is 10.3. The lowest BCUT2D eigenvalue weighted by atomic mass is 10.3. The average molecular weight is 185 g/mol. The summed E-state index contributed by atoms with van der Waals surface area (Å²) in [5.74, 6) is 0. The van der Waals surface area contributed by atoms with Gasteiger partial charge in [-0.25, -0.2) is 0 Å². The van der Waals surface area contributed by atoms with Crippen LogP contribution in [0.15, 0.2) is 18.2 Å².